The van der Waals surface area contributed by atoms with Gasteiger partial charge in [0.15, 0.2) is 0 Å². The van der Waals surface area contributed by atoms with E-state index in [1.165, 1.54) is 0 Å². The van der Waals surface area contributed by atoms with Crippen molar-refractivity contribution in [2.45, 2.75) is 31.8 Å². The summed E-state index contributed by atoms with van der Waals surface area (Å²) in [6.07, 6.45) is 3.19. The number of aromatic nitrogens is 2. The van der Waals surface area contributed by atoms with E-state index in [9.17, 15) is 9.59 Å². The molecule has 2 amide bonds. The lowest BCUT2D eigenvalue weighted by atomic mass is 9.91. The number of nitrogens with zero attached hydrogens (tertiary/aromatic N) is 4. The van der Waals surface area contributed by atoms with Gasteiger partial charge < -0.3 is 9.80 Å². The monoisotopic (exact) mass is 336 g/mol. The van der Waals surface area contributed by atoms with E-state index in [1.807, 2.05) is 42.5 Å². The van der Waals surface area contributed by atoms with Gasteiger partial charge in [0.2, 0.25) is 0 Å². The summed E-state index contributed by atoms with van der Waals surface area (Å²) in [6, 6.07) is 13.9. The Hall–Kier alpha value is -2.76. The van der Waals surface area contributed by atoms with Crippen LogP contribution in [0.15, 0.2) is 42.5 Å². The average molecular weight is 336 g/mol. The molecule has 1 saturated carbocycles. The molecular weight excluding hydrogens is 316 g/mol. The Morgan fingerprint density at radius 2 is 1.72 bits per heavy atom. The maximum Gasteiger partial charge on any atom is 0.312 e. The van der Waals surface area contributed by atoms with Gasteiger partial charge in [0.25, 0.3) is 0 Å². The molecule has 0 N–H and O–H groups in total. The highest BCUT2D eigenvalue weighted by molar-refractivity contribution is 6.35. The standard InChI is InChI=1S/C19H20N4O2/c24-18-19(25)23(16-7-4-8-16)12-11-22(18)13-15-9-10-17(21-20-15)14-5-2-1-3-6-14/h1-3,5-6,9-10,16H,4,7-8,11-13H2. The fourth-order valence-electron chi connectivity index (χ4n) is 3.29. The van der Waals surface area contributed by atoms with Crippen LogP contribution in [0.5, 0.6) is 0 Å². The molecule has 0 spiro atoms. The molecule has 2 aromatic rings. The second-order valence-corrected chi connectivity index (χ2v) is 6.59. The SMILES string of the molecule is O=C1C(=O)N(C2CCC2)CCN1Cc1ccc(-c2ccccc2)nn1. The number of carbonyl (C=O) groups excluding carboxylic acids is 2. The van der Waals surface area contributed by atoms with Crippen molar-refractivity contribution in [3.63, 3.8) is 0 Å². The zero-order valence-electron chi connectivity index (χ0n) is 14.0. The fraction of sp³-hybridized carbons (Fsp3) is 0.368. The summed E-state index contributed by atoms with van der Waals surface area (Å²) in [4.78, 5) is 28.0. The second-order valence-electron chi connectivity index (χ2n) is 6.59. The van der Waals surface area contributed by atoms with E-state index in [-0.39, 0.29) is 11.9 Å². The predicted molar refractivity (Wildman–Crippen MR) is 92.2 cm³/mol. The quantitative estimate of drug-likeness (QED) is 0.800. The highest BCUT2D eigenvalue weighted by Gasteiger charge is 2.38. The van der Waals surface area contributed by atoms with Crippen LogP contribution in [0.2, 0.25) is 0 Å². The van der Waals surface area contributed by atoms with Crippen LogP contribution in [-0.2, 0) is 16.1 Å². The van der Waals surface area contributed by atoms with E-state index in [0.717, 1.165) is 30.5 Å². The molecule has 6 nitrogen and oxygen atoms in total. The maximum atomic E-state index is 12.4. The van der Waals surface area contributed by atoms with Crippen molar-refractivity contribution in [3.8, 4) is 11.3 Å². The zero-order chi connectivity index (χ0) is 17.2. The molecule has 1 saturated heterocycles. The zero-order valence-corrected chi connectivity index (χ0v) is 14.0. The normalized spacial score (nSPS) is 18.4. The summed E-state index contributed by atoms with van der Waals surface area (Å²) in [5, 5.41) is 8.46. The molecule has 1 aromatic carbocycles. The van der Waals surface area contributed by atoms with E-state index in [2.05, 4.69) is 10.2 Å². The number of piperazine rings is 1. The summed E-state index contributed by atoms with van der Waals surface area (Å²) < 4.78 is 0. The molecule has 0 unspecified atom stereocenters. The molecule has 2 fully saturated rings. The minimum Gasteiger partial charge on any atom is -0.330 e. The van der Waals surface area contributed by atoms with Crippen LogP contribution < -0.4 is 0 Å². The van der Waals surface area contributed by atoms with E-state index in [0.29, 0.717) is 25.3 Å². The Kier molecular flexibility index (Phi) is 4.17. The van der Waals surface area contributed by atoms with Gasteiger partial charge in [-0.3, -0.25) is 9.59 Å². The molecule has 0 radical (unpaired) electrons. The van der Waals surface area contributed by atoms with Gasteiger partial charge in [-0.1, -0.05) is 30.3 Å². The van der Waals surface area contributed by atoms with E-state index >= 15 is 0 Å². The Bertz CT molecular complexity index is 772. The lowest BCUT2D eigenvalue weighted by Crippen LogP contribution is -2.58. The third kappa shape index (κ3) is 3.12. The molecule has 25 heavy (non-hydrogen) atoms. The molecule has 6 heteroatoms. The van der Waals surface area contributed by atoms with Gasteiger partial charge in [0.1, 0.15) is 0 Å². The summed E-state index contributed by atoms with van der Waals surface area (Å²) >= 11 is 0. The van der Waals surface area contributed by atoms with E-state index in [1.54, 1.807) is 9.80 Å². The van der Waals surface area contributed by atoms with Crippen LogP contribution in [0.1, 0.15) is 25.0 Å². The van der Waals surface area contributed by atoms with Crippen LogP contribution in [0.25, 0.3) is 11.3 Å². The lowest BCUT2D eigenvalue weighted by Gasteiger charge is -2.42. The third-order valence-electron chi connectivity index (χ3n) is 5.00. The first-order valence-corrected chi connectivity index (χ1v) is 8.70. The first kappa shape index (κ1) is 15.7. The van der Waals surface area contributed by atoms with Crippen LogP contribution >= 0.6 is 0 Å². The summed E-state index contributed by atoms with van der Waals surface area (Å²) in [5.41, 5.74) is 2.49. The second kappa shape index (κ2) is 6.63. The summed E-state index contributed by atoms with van der Waals surface area (Å²) in [7, 11) is 0. The topological polar surface area (TPSA) is 66.4 Å². The largest absolute Gasteiger partial charge is 0.330 e. The Morgan fingerprint density at radius 3 is 2.36 bits per heavy atom. The minimum absolute atomic E-state index is 0.267. The number of rotatable bonds is 4. The van der Waals surface area contributed by atoms with Gasteiger partial charge in [-0.05, 0) is 31.4 Å². The first-order valence-electron chi connectivity index (χ1n) is 8.70. The molecular formula is C19H20N4O2. The molecule has 1 aliphatic heterocycles. The van der Waals surface area contributed by atoms with Crippen LogP contribution in [0.3, 0.4) is 0 Å². The van der Waals surface area contributed by atoms with Crippen LogP contribution in [-0.4, -0.2) is 50.9 Å². The summed E-state index contributed by atoms with van der Waals surface area (Å²) in [6.45, 7) is 1.50. The fourth-order valence-corrected chi connectivity index (χ4v) is 3.29. The molecule has 0 atom stereocenters. The van der Waals surface area contributed by atoms with Crippen molar-refractivity contribution in [1.29, 1.82) is 0 Å². The van der Waals surface area contributed by atoms with E-state index < -0.39 is 5.91 Å². The average Bonchev–Trinajstić information content (AvgIpc) is 2.61. The van der Waals surface area contributed by atoms with Crippen LogP contribution in [0, 0.1) is 0 Å². The Labute approximate surface area is 146 Å². The first-order chi connectivity index (χ1) is 12.2. The smallest absolute Gasteiger partial charge is 0.312 e. The third-order valence-corrected chi connectivity index (χ3v) is 5.00. The van der Waals surface area contributed by atoms with Gasteiger partial charge in [0, 0.05) is 24.7 Å². The van der Waals surface area contributed by atoms with Gasteiger partial charge >= 0.3 is 11.8 Å². The molecule has 128 valence electrons. The summed E-state index contributed by atoms with van der Waals surface area (Å²) in [5.74, 6) is -0.795. The van der Waals surface area contributed by atoms with Crippen molar-refractivity contribution in [1.82, 2.24) is 20.0 Å². The van der Waals surface area contributed by atoms with Crippen molar-refractivity contribution in [3.05, 3.63) is 48.2 Å². The number of hydrogen-bond acceptors (Lipinski definition) is 4. The molecule has 1 aromatic heterocycles. The molecule has 4 rings (SSSR count). The predicted octanol–water partition coefficient (Wildman–Crippen LogP) is 1.87. The number of carbonyl (C=O) groups is 2. The molecule has 2 aliphatic rings. The highest BCUT2D eigenvalue weighted by Crippen LogP contribution is 2.26. The molecule has 0 bridgehead atoms. The number of benzene rings is 1. The Morgan fingerprint density at radius 1 is 0.920 bits per heavy atom. The van der Waals surface area contributed by atoms with Gasteiger partial charge in [0.05, 0.1) is 17.9 Å². The molecule has 2 heterocycles. The van der Waals surface area contributed by atoms with Crippen molar-refractivity contribution in [2.24, 2.45) is 0 Å². The molecule has 1 aliphatic carbocycles. The van der Waals surface area contributed by atoms with Gasteiger partial charge in [-0.25, -0.2) is 0 Å². The van der Waals surface area contributed by atoms with Crippen molar-refractivity contribution >= 4 is 11.8 Å². The minimum atomic E-state index is -0.424. The van der Waals surface area contributed by atoms with Gasteiger partial charge in [-0.15, -0.1) is 0 Å². The van der Waals surface area contributed by atoms with Gasteiger partial charge in [-0.2, -0.15) is 10.2 Å². The maximum absolute atomic E-state index is 12.4. The highest BCUT2D eigenvalue weighted by atomic mass is 16.2. The van der Waals surface area contributed by atoms with Crippen molar-refractivity contribution in [2.75, 3.05) is 13.1 Å². The van der Waals surface area contributed by atoms with E-state index in [4.69, 9.17) is 0 Å². The number of hydrogen-bond donors (Lipinski definition) is 0. The Balaban J connectivity index is 1.42. The van der Waals surface area contributed by atoms with Crippen LogP contribution in [0.4, 0.5) is 0 Å². The lowest BCUT2D eigenvalue weighted by molar-refractivity contribution is -0.159. The van der Waals surface area contributed by atoms with Crippen molar-refractivity contribution < 1.29 is 9.59 Å². The number of amides is 2.